The lowest BCUT2D eigenvalue weighted by atomic mass is 10.2. The average Bonchev–Trinajstić information content (AvgIpc) is 2.80. The number of nitrogens with zero attached hydrogens (tertiary/aromatic N) is 2. The van der Waals surface area contributed by atoms with Gasteiger partial charge in [0.2, 0.25) is 0 Å². The number of hydrogen-bond donors (Lipinski definition) is 1. The van der Waals surface area contributed by atoms with Crippen LogP contribution in [-0.2, 0) is 6.54 Å². The topological polar surface area (TPSA) is 56.1 Å². The van der Waals surface area contributed by atoms with Crippen molar-refractivity contribution in [2.45, 2.75) is 27.3 Å². The van der Waals surface area contributed by atoms with Crippen molar-refractivity contribution in [3.05, 3.63) is 41.7 Å². The molecular weight excluding hydrogens is 254 g/mol. The van der Waals surface area contributed by atoms with Crippen molar-refractivity contribution >= 4 is 11.6 Å². The van der Waals surface area contributed by atoms with E-state index in [1.807, 2.05) is 37.6 Å². The molecule has 0 bridgehead atoms. The van der Waals surface area contributed by atoms with Gasteiger partial charge < -0.3 is 10.1 Å². The Morgan fingerprint density at radius 2 is 2.10 bits per heavy atom. The predicted octanol–water partition coefficient (Wildman–Crippen LogP) is 2.86. The van der Waals surface area contributed by atoms with Crippen molar-refractivity contribution in [3.8, 4) is 5.75 Å². The van der Waals surface area contributed by atoms with E-state index in [1.165, 1.54) is 0 Å². The number of carbonyl (C=O) groups excluding carboxylic acids is 1. The van der Waals surface area contributed by atoms with Crippen LogP contribution in [0.25, 0.3) is 0 Å². The number of ether oxygens (including phenoxy) is 1. The van der Waals surface area contributed by atoms with E-state index < -0.39 is 0 Å². The third-order valence-corrected chi connectivity index (χ3v) is 3.08. The maximum absolute atomic E-state index is 12.3. The van der Waals surface area contributed by atoms with E-state index in [2.05, 4.69) is 10.4 Å². The number of aromatic nitrogens is 2. The molecule has 0 saturated heterocycles. The summed E-state index contributed by atoms with van der Waals surface area (Å²) >= 11 is 0. The second-order valence-electron chi connectivity index (χ2n) is 4.34. The summed E-state index contributed by atoms with van der Waals surface area (Å²) in [6.45, 7) is 7.13. The van der Waals surface area contributed by atoms with Crippen LogP contribution < -0.4 is 10.1 Å². The molecule has 106 valence electrons. The Morgan fingerprint density at radius 3 is 2.75 bits per heavy atom. The molecule has 0 aliphatic heterocycles. The van der Waals surface area contributed by atoms with Gasteiger partial charge in [-0.1, -0.05) is 12.1 Å². The molecule has 2 rings (SSSR count). The van der Waals surface area contributed by atoms with Crippen LogP contribution in [-0.4, -0.2) is 22.3 Å². The highest BCUT2D eigenvalue weighted by Crippen LogP contribution is 2.21. The van der Waals surface area contributed by atoms with Gasteiger partial charge in [0.25, 0.3) is 5.91 Å². The van der Waals surface area contributed by atoms with Gasteiger partial charge in [-0.15, -0.1) is 0 Å². The third-order valence-electron chi connectivity index (χ3n) is 3.08. The molecule has 5 heteroatoms. The van der Waals surface area contributed by atoms with Gasteiger partial charge in [0.15, 0.2) is 0 Å². The lowest BCUT2D eigenvalue weighted by molar-refractivity contribution is 0.102. The summed E-state index contributed by atoms with van der Waals surface area (Å²) in [5, 5.41) is 7.09. The molecule has 1 amide bonds. The number of nitrogens with one attached hydrogen (secondary N) is 1. The molecule has 2 aromatic rings. The zero-order valence-electron chi connectivity index (χ0n) is 12.0. The first-order valence-corrected chi connectivity index (χ1v) is 6.73. The number of amides is 1. The first-order chi connectivity index (χ1) is 9.67. The van der Waals surface area contributed by atoms with Gasteiger partial charge in [-0.25, -0.2) is 0 Å². The van der Waals surface area contributed by atoms with Gasteiger partial charge in [0.05, 0.1) is 29.7 Å². The standard InChI is InChI=1S/C15H19N3O2/c1-4-18-11(3)13(10-16-18)17-15(19)12-8-6-7-9-14(12)20-5-2/h6-10H,4-5H2,1-3H3,(H,17,19). The molecule has 0 spiro atoms. The molecule has 1 N–H and O–H groups in total. The Labute approximate surface area is 118 Å². The maximum atomic E-state index is 12.3. The van der Waals surface area contributed by atoms with Crippen molar-refractivity contribution in [1.29, 1.82) is 0 Å². The summed E-state index contributed by atoms with van der Waals surface area (Å²) < 4.78 is 7.31. The summed E-state index contributed by atoms with van der Waals surface area (Å²) in [6.07, 6.45) is 1.67. The fraction of sp³-hybridized carbons (Fsp3) is 0.333. The van der Waals surface area contributed by atoms with E-state index in [0.717, 1.165) is 17.9 Å². The van der Waals surface area contributed by atoms with E-state index in [0.29, 0.717) is 17.9 Å². The smallest absolute Gasteiger partial charge is 0.259 e. The zero-order chi connectivity index (χ0) is 14.5. The molecule has 1 heterocycles. The monoisotopic (exact) mass is 273 g/mol. The molecule has 0 atom stereocenters. The molecule has 0 fully saturated rings. The minimum atomic E-state index is -0.187. The number of aryl methyl sites for hydroxylation is 1. The quantitative estimate of drug-likeness (QED) is 0.911. The second-order valence-corrected chi connectivity index (χ2v) is 4.34. The van der Waals surface area contributed by atoms with E-state index >= 15 is 0 Å². The van der Waals surface area contributed by atoms with E-state index in [4.69, 9.17) is 4.74 Å². The average molecular weight is 273 g/mol. The normalized spacial score (nSPS) is 10.3. The highest BCUT2D eigenvalue weighted by molar-refractivity contribution is 6.06. The van der Waals surface area contributed by atoms with Crippen molar-refractivity contribution in [3.63, 3.8) is 0 Å². The minimum Gasteiger partial charge on any atom is -0.493 e. The van der Waals surface area contributed by atoms with Crippen molar-refractivity contribution < 1.29 is 9.53 Å². The van der Waals surface area contributed by atoms with Crippen molar-refractivity contribution in [1.82, 2.24) is 9.78 Å². The molecule has 0 aliphatic carbocycles. The number of para-hydroxylation sites is 1. The number of anilines is 1. The number of benzene rings is 1. The molecular formula is C15H19N3O2. The van der Waals surface area contributed by atoms with Gasteiger partial charge in [-0.3, -0.25) is 9.48 Å². The molecule has 0 unspecified atom stereocenters. The van der Waals surface area contributed by atoms with Crippen LogP contribution in [0.1, 0.15) is 29.9 Å². The lowest BCUT2D eigenvalue weighted by Gasteiger charge is -2.10. The van der Waals surface area contributed by atoms with Crippen LogP contribution >= 0.6 is 0 Å². The third kappa shape index (κ3) is 2.82. The number of rotatable bonds is 5. The Hall–Kier alpha value is -2.30. The Morgan fingerprint density at radius 1 is 1.35 bits per heavy atom. The number of hydrogen-bond acceptors (Lipinski definition) is 3. The largest absolute Gasteiger partial charge is 0.493 e. The van der Waals surface area contributed by atoms with Gasteiger partial charge in [-0.05, 0) is 32.9 Å². The van der Waals surface area contributed by atoms with Crippen molar-refractivity contribution in [2.24, 2.45) is 0 Å². The first kappa shape index (κ1) is 14.1. The van der Waals surface area contributed by atoms with Gasteiger partial charge in [-0.2, -0.15) is 5.10 Å². The fourth-order valence-corrected chi connectivity index (χ4v) is 2.01. The van der Waals surface area contributed by atoms with Crippen LogP contribution in [0.15, 0.2) is 30.5 Å². The minimum absolute atomic E-state index is 0.187. The van der Waals surface area contributed by atoms with Crippen LogP contribution in [0.4, 0.5) is 5.69 Å². The first-order valence-electron chi connectivity index (χ1n) is 6.73. The SMILES string of the molecule is CCOc1ccccc1C(=O)Nc1cnn(CC)c1C. The lowest BCUT2D eigenvalue weighted by Crippen LogP contribution is -2.14. The molecule has 1 aromatic heterocycles. The Kier molecular flexibility index (Phi) is 4.40. The molecule has 20 heavy (non-hydrogen) atoms. The molecule has 1 aromatic carbocycles. The zero-order valence-corrected chi connectivity index (χ0v) is 12.0. The van der Waals surface area contributed by atoms with E-state index in [-0.39, 0.29) is 5.91 Å². The molecule has 5 nitrogen and oxygen atoms in total. The fourth-order valence-electron chi connectivity index (χ4n) is 2.01. The number of carbonyl (C=O) groups is 1. The summed E-state index contributed by atoms with van der Waals surface area (Å²) in [5.74, 6) is 0.404. The van der Waals surface area contributed by atoms with Crippen LogP contribution in [0, 0.1) is 6.92 Å². The van der Waals surface area contributed by atoms with Crippen molar-refractivity contribution in [2.75, 3.05) is 11.9 Å². The predicted molar refractivity (Wildman–Crippen MR) is 78.2 cm³/mol. The van der Waals surface area contributed by atoms with Gasteiger partial charge in [0.1, 0.15) is 5.75 Å². The van der Waals surface area contributed by atoms with Crippen LogP contribution in [0.3, 0.4) is 0 Å². The summed E-state index contributed by atoms with van der Waals surface area (Å²) in [7, 11) is 0. The van der Waals surface area contributed by atoms with E-state index in [1.54, 1.807) is 18.3 Å². The molecule has 0 radical (unpaired) electrons. The van der Waals surface area contributed by atoms with Crippen LogP contribution in [0.2, 0.25) is 0 Å². The summed E-state index contributed by atoms with van der Waals surface area (Å²) in [5.41, 5.74) is 2.19. The van der Waals surface area contributed by atoms with Gasteiger partial charge in [0, 0.05) is 6.54 Å². The van der Waals surface area contributed by atoms with E-state index in [9.17, 15) is 4.79 Å². The Balaban J connectivity index is 2.21. The molecule has 0 aliphatic rings. The summed E-state index contributed by atoms with van der Waals surface area (Å²) in [4.78, 5) is 12.3. The highest BCUT2D eigenvalue weighted by Gasteiger charge is 2.14. The second kappa shape index (κ2) is 6.23. The van der Waals surface area contributed by atoms with Crippen LogP contribution in [0.5, 0.6) is 5.75 Å². The van der Waals surface area contributed by atoms with Gasteiger partial charge >= 0.3 is 0 Å². The Bertz CT molecular complexity index is 605. The maximum Gasteiger partial charge on any atom is 0.259 e. The highest BCUT2D eigenvalue weighted by atomic mass is 16.5. The summed E-state index contributed by atoms with van der Waals surface area (Å²) in [6, 6.07) is 7.21. The molecule has 0 saturated carbocycles.